The van der Waals surface area contributed by atoms with Crippen LogP contribution in [0.4, 0.5) is 11.4 Å². The molecule has 0 unspecified atom stereocenters. The van der Waals surface area contributed by atoms with Crippen molar-refractivity contribution in [3.05, 3.63) is 62.2 Å². The van der Waals surface area contributed by atoms with Gasteiger partial charge in [-0.3, -0.25) is 14.4 Å². The molecule has 0 radical (unpaired) electrons. The lowest BCUT2D eigenvalue weighted by molar-refractivity contribution is -0.131. The Balaban J connectivity index is 1.79. The van der Waals surface area contributed by atoms with E-state index in [1.807, 2.05) is 0 Å². The number of phenols is 1. The number of aromatic hydroxyl groups is 1. The summed E-state index contributed by atoms with van der Waals surface area (Å²) in [5.74, 6) is -4.10. The Hall–Kier alpha value is -3.29. The number of hydrogen-bond donors (Lipinski definition) is 3. The molecule has 0 aliphatic carbocycles. The van der Waals surface area contributed by atoms with E-state index in [-0.39, 0.29) is 48.5 Å². The largest absolute Gasteiger partial charge is 0.504 e. The van der Waals surface area contributed by atoms with Gasteiger partial charge in [0.25, 0.3) is 5.91 Å². The first-order valence-corrected chi connectivity index (χ1v) is 13.6. The normalized spacial score (nSPS) is 11.0. The highest BCUT2D eigenvalue weighted by molar-refractivity contribution is 7.92. The number of sulfone groups is 1. The summed E-state index contributed by atoms with van der Waals surface area (Å²) in [6, 6.07) is 5.97. The van der Waals surface area contributed by atoms with Crippen LogP contribution in [-0.4, -0.2) is 49.2 Å². The number of methoxy groups -OCH3 is 1. The first-order valence-electron chi connectivity index (χ1n) is 10.5. The van der Waals surface area contributed by atoms with Crippen LogP contribution in [-0.2, 0) is 19.4 Å². The molecule has 0 fully saturated rings. The molecule has 0 spiro atoms. The lowest BCUT2D eigenvalue weighted by Crippen LogP contribution is -2.23. The van der Waals surface area contributed by atoms with Crippen molar-refractivity contribution in [2.75, 3.05) is 23.5 Å². The molecule has 0 aliphatic rings. The van der Waals surface area contributed by atoms with Crippen molar-refractivity contribution in [2.45, 2.75) is 11.8 Å². The Morgan fingerprint density at radius 3 is 2.18 bits per heavy atom. The number of ether oxygens (including phenoxy) is 2. The van der Waals surface area contributed by atoms with Crippen LogP contribution >= 0.6 is 46.4 Å². The molecule has 1 heterocycles. The second-order valence-electron chi connectivity index (χ2n) is 7.60. The summed E-state index contributed by atoms with van der Waals surface area (Å²) in [7, 11) is -2.74. The van der Waals surface area contributed by atoms with Crippen molar-refractivity contribution in [1.82, 2.24) is 4.98 Å². The third-order valence-corrected chi connectivity index (χ3v) is 7.64. The number of nitrogens with zero attached hydrogens (tertiary/aromatic N) is 1. The van der Waals surface area contributed by atoms with Crippen molar-refractivity contribution in [3.8, 4) is 17.4 Å². The van der Waals surface area contributed by atoms with Crippen LogP contribution in [0.2, 0.25) is 20.1 Å². The highest BCUT2D eigenvalue weighted by Crippen LogP contribution is 2.43. The number of hydrogen-bond acceptors (Lipinski definition) is 9. The zero-order valence-corrected chi connectivity index (χ0v) is 23.7. The van der Waals surface area contributed by atoms with E-state index in [9.17, 15) is 27.9 Å². The first-order chi connectivity index (χ1) is 18.2. The van der Waals surface area contributed by atoms with E-state index in [4.69, 9.17) is 55.9 Å². The molecule has 2 aromatic carbocycles. The third-order valence-electron chi connectivity index (χ3n) is 4.81. The van der Waals surface area contributed by atoms with E-state index in [2.05, 4.69) is 15.6 Å². The van der Waals surface area contributed by atoms with Crippen molar-refractivity contribution in [1.29, 1.82) is 0 Å². The van der Waals surface area contributed by atoms with Crippen LogP contribution in [0.3, 0.4) is 0 Å². The van der Waals surface area contributed by atoms with E-state index in [0.717, 1.165) is 19.2 Å². The van der Waals surface area contributed by atoms with Gasteiger partial charge >= 0.3 is 5.97 Å². The highest BCUT2D eigenvalue weighted by Gasteiger charge is 2.24. The highest BCUT2D eigenvalue weighted by atomic mass is 35.5. The molecule has 2 amide bonds. The first kappa shape index (κ1) is 30.3. The summed E-state index contributed by atoms with van der Waals surface area (Å²) < 4.78 is 34.9. The molecule has 3 N–H and O–H groups in total. The smallest absolute Gasteiger partial charge is 0.308 e. The fourth-order valence-corrected chi connectivity index (χ4v) is 5.24. The van der Waals surface area contributed by atoms with Crippen LogP contribution < -0.4 is 20.1 Å². The van der Waals surface area contributed by atoms with E-state index in [1.54, 1.807) is 0 Å². The van der Waals surface area contributed by atoms with Gasteiger partial charge in [0, 0.05) is 24.8 Å². The fourth-order valence-electron chi connectivity index (χ4n) is 3.05. The number of pyridine rings is 1. The zero-order chi connectivity index (χ0) is 29.1. The Labute approximate surface area is 241 Å². The zero-order valence-electron chi connectivity index (χ0n) is 19.8. The molecule has 0 aliphatic heterocycles. The number of rotatable bonds is 8. The molecule has 39 heavy (non-hydrogen) atoms. The molecule has 0 bridgehead atoms. The number of nitrogens with one attached hydrogen (secondary N) is 2. The van der Waals surface area contributed by atoms with E-state index in [0.29, 0.717) is 0 Å². The van der Waals surface area contributed by atoms with Crippen LogP contribution in [0.25, 0.3) is 0 Å². The van der Waals surface area contributed by atoms with E-state index >= 15 is 0 Å². The van der Waals surface area contributed by atoms with Crippen molar-refractivity contribution >= 4 is 85.4 Å². The van der Waals surface area contributed by atoms with Gasteiger partial charge in [-0.1, -0.05) is 46.4 Å². The molecule has 0 saturated carbocycles. The van der Waals surface area contributed by atoms with Gasteiger partial charge in [0.1, 0.15) is 10.8 Å². The van der Waals surface area contributed by atoms with E-state index in [1.165, 1.54) is 31.4 Å². The number of aromatic nitrogens is 1. The van der Waals surface area contributed by atoms with Gasteiger partial charge in [0.2, 0.25) is 11.8 Å². The number of anilines is 2. The molecular weight excluding hydrogens is 620 g/mol. The number of esters is 1. The maximum Gasteiger partial charge on any atom is 0.308 e. The Morgan fingerprint density at radius 2 is 1.64 bits per heavy atom. The van der Waals surface area contributed by atoms with Gasteiger partial charge in [-0.05, 0) is 24.3 Å². The maximum absolute atomic E-state index is 12.7. The summed E-state index contributed by atoms with van der Waals surface area (Å²) in [5, 5.41) is 14.2. The average Bonchev–Trinajstić information content (AvgIpc) is 2.86. The second-order valence-corrected chi connectivity index (χ2v) is 11.2. The van der Waals surface area contributed by atoms with E-state index < -0.39 is 44.1 Å². The molecule has 206 valence electrons. The van der Waals surface area contributed by atoms with Crippen molar-refractivity contribution in [2.24, 2.45) is 0 Å². The Bertz CT molecular complexity index is 1560. The van der Waals surface area contributed by atoms with Gasteiger partial charge in [-0.25, -0.2) is 13.4 Å². The minimum atomic E-state index is -4.10. The number of benzene rings is 2. The number of halogens is 4. The summed E-state index contributed by atoms with van der Waals surface area (Å²) in [6.07, 6.45) is 1.04. The average molecular weight is 637 g/mol. The minimum absolute atomic E-state index is 0.0665. The standard InChI is InChI=1S/C23H17Cl4N3O8S/c1-10(31)38-22-14(25)5-11(6-15(22)26)23(34)29-16-7-13(24)20(19(27)21(16)33)30-17(32)9-39(35,36)12-3-4-18(37-2)28-8-12/h3-8,33H,9H2,1-2H3,(H,29,34)(H,30,32). The van der Waals surface area contributed by atoms with Crippen LogP contribution in [0.15, 0.2) is 41.4 Å². The Morgan fingerprint density at radius 1 is 1.00 bits per heavy atom. The van der Waals surface area contributed by atoms with Gasteiger partial charge in [0.05, 0.1) is 38.4 Å². The molecule has 1 aromatic heterocycles. The van der Waals surface area contributed by atoms with Gasteiger partial charge in [-0.2, -0.15) is 0 Å². The minimum Gasteiger partial charge on any atom is -0.504 e. The molecule has 16 heteroatoms. The molecule has 3 aromatic rings. The van der Waals surface area contributed by atoms with Crippen molar-refractivity contribution in [3.63, 3.8) is 0 Å². The number of phenolic OH excluding ortho intramolecular Hbond substituents is 1. The molecule has 3 rings (SSSR count). The molecule has 11 nitrogen and oxygen atoms in total. The third kappa shape index (κ3) is 7.22. The quantitative estimate of drug-likeness (QED) is 0.175. The van der Waals surface area contributed by atoms with Gasteiger partial charge in [0.15, 0.2) is 21.3 Å². The lowest BCUT2D eigenvalue weighted by atomic mass is 10.2. The SMILES string of the molecule is COc1ccc(S(=O)(=O)CC(=O)Nc2c(Cl)cc(NC(=O)c3cc(Cl)c(OC(C)=O)c(Cl)c3)c(O)c2Cl)cn1. The van der Waals surface area contributed by atoms with Crippen LogP contribution in [0.1, 0.15) is 17.3 Å². The molecular formula is C23H17Cl4N3O8S. The topological polar surface area (TPSA) is 161 Å². The van der Waals surface area contributed by atoms with Crippen LogP contribution in [0, 0.1) is 0 Å². The molecule has 0 saturated heterocycles. The second kappa shape index (κ2) is 12.3. The number of carbonyl (C=O) groups is 3. The predicted molar refractivity (Wildman–Crippen MR) is 145 cm³/mol. The summed E-state index contributed by atoms with van der Waals surface area (Å²) >= 11 is 24.4. The lowest BCUT2D eigenvalue weighted by Gasteiger charge is -2.15. The van der Waals surface area contributed by atoms with Gasteiger partial charge in [-0.15, -0.1) is 0 Å². The predicted octanol–water partition coefficient (Wildman–Crippen LogP) is 5.00. The Kier molecular flexibility index (Phi) is 9.51. The molecule has 0 atom stereocenters. The number of amides is 2. The fraction of sp³-hybridized carbons (Fsp3) is 0.130. The monoisotopic (exact) mass is 635 g/mol. The van der Waals surface area contributed by atoms with Crippen LogP contribution in [0.5, 0.6) is 17.4 Å². The number of carbonyl (C=O) groups excluding carboxylic acids is 3. The summed E-state index contributed by atoms with van der Waals surface area (Å²) in [6.45, 7) is 1.15. The summed E-state index contributed by atoms with van der Waals surface area (Å²) in [4.78, 5) is 40.0. The maximum atomic E-state index is 12.7. The van der Waals surface area contributed by atoms with Crippen molar-refractivity contribution < 1.29 is 37.4 Å². The van der Waals surface area contributed by atoms with Gasteiger partial charge < -0.3 is 25.2 Å². The summed E-state index contributed by atoms with van der Waals surface area (Å²) in [5.41, 5.74) is -0.608.